The Morgan fingerprint density at radius 3 is 2.45 bits per heavy atom. The minimum Gasteiger partial charge on any atom is -0.483 e. The first kappa shape index (κ1) is 22.8. The van der Waals surface area contributed by atoms with Gasteiger partial charge in [-0.15, -0.1) is 0 Å². The zero-order chi connectivity index (χ0) is 23.2. The lowest BCUT2D eigenvalue weighted by Crippen LogP contribution is -2.50. The molecule has 4 rings (SSSR count). The molecule has 0 aliphatic heterocycles. The summed E-state index contributed by atoms with van der Waals surface area (Å²) in [5.41, 5.74) is 2.14. The minimum absolute atomic E-state index is 0.104. The Morgan fingerprint density at radius 2 is 1.70 bits per heavy atom. The van der Waals surface area contributed by atoms with Crippen molar-refractivity contribution in [3.8, 4) is 5.75 Å². The fraction of sp³-hybridized carbons (Fsp3) is 0.357. The third-order valence-corrected chi connectivity index (χ3v) is 6.44. The van der Waals surface area contributed by atoms with Gasteiger partial charge in [0.1, 0.15) is 11.8 Å². The summed E-state index contributed by atoms with van der Waals surface area (Å²) in [5, 5.41) is 5.15. The lowest BCUT2D eigenvalue weighted by atomic mass is 10.1. The van der Waals surface area contributed by atoms with Gasteiger partial charge in [-0.1, -0.05) is 79.1 Å². The van der Waals surface area contributed by atoms with Crippen molar-refractivity contribution in [2.24, 2.45) is 0 Å². The Bertz CT molecular complexity index is 1100. The number of nitrogens with one attached hydrogen (secondary N) is 1. The Hall–Kier alpha value is -3.34. The van der Waals surface area contributed by atoms with Crippen LogP contribution in [0.3, 0.4) is 0 Å². The SMILES string of the molecule is Cc1ccc(CN(C(=O)COc2cccc3ccccc23)C(C)C(=O)NC2CCCC2)cc1. The van der Waals surface area contributed by atoms with Crippen LogP contribution in [0.1, 0.15) is 43.7 Å². The first-order valence-electron chi connectivity index (χ1n) is 11.8. The molecule has 0 spiro atoms. The van der Waals surface area contributed by atoms with Crippen LogP contribution in [0.2, 0.25) is 0 Å². The number of aryl methyl sites for hydroxylation is 1. The number of carbonyl (C=O) groups excluding carboxylic acids is 2. The predicted octanol–water partition coefficient (Wildman–Crippen LogP) is 5.00. The van der Waals surface area contributed by atoms with Crippen molar-refractivity contribution in [1.29, 1.82) is 0 Å². The number of carbonyl (C=O) groups is 2. The largest absolute Gasteiger partial charge is 0.483 e. The molecule has 1 fully saturated rings. The van der Waals surface area contributed by atoms with Gasteiger partial charge in [-0.05, 0) is 43.7 Å². The Kier molecular flexibility index (Phi) is 7.28. The first-order valence-corrected chi connectivity index (χ1v) is 11.8. The van der Waals surface area contributed by atoms with Gasteiger partial charge in [0, 0.05) is 18.0 Å². The Labute approximate surface area is 195 Å². The van der Waals surface area contributed by atoms with Crippen LogP contribution in [0.5, 0.6) is 5.75 Å². The van der Waals surface area contributed by atoms with Crippen molar-refractivity contribution in [1.82, 2.24) is 10.2 Å². The van der Waals surface area contributed by atoms with Gasteiger partial charge >= 0.3 is 0 Å². The summed E-state index contributed by atoms with van der Waals surface area (Å²) in [6, 6.07) is 21.4. The molecule has 3 aromatic rings. The highest BCUT2D eigenvalue weighted by atomic mass is 16.5. The number of rotatable bonds is 8. The van der Waals surface area contributed by atoms with E-state index in [0.717, 1.165) is 47.6 Å². The molecule has 1 atom stereocenters. The number of benzene rings is 3. The van der Waals surface area contributed by atoms with Crippen LogP contribution in [0, 0.1) is 6.92 Å². The van der Waals surface area contributed by atoms with Crippen molar-refractivity contribution < 1.29 is 14.3 Å². The summed E-state index contributed by atoms with van der Waals surface area (Å²) in [7, 11) is 0. The maximum Gasteiger partial charge on any atom is 0.261 e. The molecule has 0 bridgehead atoms. The predicted molar refractivity (Wildman–Crippen MR) is 131 cm³/mol. The summed E-state index contributed by atoms with van der Waals surface area (Å²) in [5.74, 6) is 0.352. The molecular formula is C28H32N2O3. The van der Waals surface area contributed by atoms with Gasteiger partial charge in [0.25, 0.3) is 5.91 Å². The molecule has 33 heavy (non-hydrogen) atoms. The summed E-state index contributed by atoms with van der Waals surface area (Å²) in [4.78, 5) is 27.9. The molecular weight excluding hydrogens is 412 g/mol. The lowest BCUT2D eigenvalue weighted by molar-refractivity contribution is -0.142. The Morgan fingerprint density at radius 1 is 1.00 bits per heavy atom. The second-order valence-corrected chi connectivity index (χ2v) is 8.94. The number of fused-ring (bicyclic) bond motifs is 1. The third-order valence-electron chi connectivity index (χ3n) is 6.44. The van der Waals surface area contributed by atoms with Gasteiger partial charge < -0.3 is 15.0 Å². The van der Waals surface area contributed by atoms with Gasteiger partial charge in [0.2, 0.25) is 5.91 Å². The molecule has 0 saturated heterocycles. The van der Waals surface area contributed by atoms with E-state index in [1.807, 2.05) is 73.7 Å². The van der Waals surface area contributed by atoms with Crippen LogP contribution in [0.4, 0.5) is 0 Å². The van der Waals surface area contributed by atoms with E-state index >= 15 is 0 Å². The summed E-state index contributed by atoms with van der Waals surface area (Å²) in [6.45, 7) is 4.06. The summed E-state index contributed by atoms with van der Waals surface area (Å²) in [6.07, 6.45) is 4.30. The van der Waals surface area contributed by atoms with Crippen LogP contribution >= 0.6 is 0 Å². The van der Waals surface area contributed by atoms with Crippen molar-refractivity contribution >= 4 is 22.6 Å². The molecule has 1 aliphatic carbocycles. The second kappa shape index (κ2) is 10.5. The van der Waals surface area contributed by atoms with Gasteiger partial charge in [-0.2, -0.15) is 0 Å². The Balaban J connectivity index is 1.50. The standard InChI is InChI=1S/C28H32N2O3/c1-20-14-16-22(17-15-20)18-30(21(2)28(32)29-24-10-4-5-11-24)27(31)19-33-26-13-7-9-23-8-3-6-12-25(23)26/h3,6-9,12-17,21,24H,4-5,10-11,18-19H2,1-2H3,(H,29,32). The molecule has 1 saturated carbocycles. The quantitative estimate of drug-likeness (QED) is 0.532. The fourth-order valence-corrected chi connectivity index (χ4v) is 4.41. The van der Waals surface area contributed by atoms with E-state index in [-0.39, 0.29) is 24.5 Å². The monoisotopic (exact) mass is 444 g/mol. The van der Waals surface area contributed by atoms with E-state index in [1.165, 1.54) is 0 Å². The average Bonchev–Trinajstić information content (AvgIpc) is 3.34. The maximum absolute atomic E-state index is 13.3. The second-order valence-electron chi connectivity index (χ2n) is 8.94. The fourth-order valence-electron chi connectivity index (χ4n) is 4.41. The summed E-state index contributed by atoms with van der Waals surface area (Å²) < 4.78 is 5.96. The van der Waals surface area contributed by atoms with Crippen LogP contribution in [0.15, 0.2) is 66.7 Å². The topological polar surface area (TPSA) is 58.6 Å². The molecule has 5 heteroatoms. The average molecular weight is 445 g/mol. The van der Waals surface area contributed by atoms with Crippen LogP contribution < -0.4 is 10.1 Å². The van der Waals surface area contributed by atoms with E-state index < -0.39 is 6.04 Å². The van der Waals surface area contributed by atoms with Gasteiger partial charge in [-0.25, -0.2) is 0 Å². The highest BCUT2D eigenvalue weighted by Gasteiger charge is 2.28. The molecule has 1 N–H and O–H groups in total. The molecule has 172 valence electrons. The van der Waals surface area contributed by atoms with E-state index in [9.17, 15) is 9.59 Å². The molecule has 5 nitrogen and oxygen atoms in total. The highest BCUT2D eigenvalue weighted by molar-refractivity contribution is 5.90. The van der Waals surface area contributed by atoms with Gasteiger partial charge in [0.15, 0.2) is 6.61 Å². The minimum atomic E-state index is -0.587. The van der Waals surface area contributed by atoms with Crippen LogP contribution in [-0.4, -0.2) is 35.4 Å². The molecule has 0 radical (unpaired) electrons. The molecule has 1 unspecified atom stereocenters. The van der Waals surface area contributed by atoms with E-state index in [0.29, 0.717) is 12.3 Å². The van der Waals surface area contributed by atoms with Crippen molar-refractivity contribution in [2.45, 2.75) is 58.2 Å². The number of amides is 2. The number of nitrogens with zero attached hydrogens (tertiary/aromatic N) is 1. The number of hydrogen-bond acceptors (Lipinski definition) is 3. The van der Waals surface area contributed by atoms with E-state index in [4.69, 9.17) is 4.74 Å². The van der Waals surface area contributed by atoms with Crippen molar-refractivity contribution in [2.75, 3.05) is 6.61 Å². The van der Waals surface area contributed by atoms with Crippen LogP contribution in [0.25, 0.3) is 10.8 Å². The molecule has 0 heterocycles. The molecule has 1 aliphatic rings. The molecule has 3 aromatic carbocycles. The number of ether oxygens (including phenoxy) is 1. The smallest absolute Gasteiger partial charge is 0.261 e. The lowest BCUT2D eigenvalue weighted by Gasteiger charge is -2.29. The third kappa shape index (κ3) is 5.72. The molecule has 2 amide bonds. The van der Waals surface area contributed by atoms with Crippen molar-refractivity contribution in [3.63, 3.8) is 0 Å². The van der Waals surface area contributed by atoms with Crippen LogP contribution in [-0.2, 0) is 16.1 Å². The van der Waals surface area contributed by atoms with E-state index in [1.54, 1.807) is 11.8 Å². The molecule has 0 aromatic heterocycles. The zero-order valence-corrected chi connectivity index (χ0v) is 19.4. The normalized spacial score (nSPS) is 14.7. The van der Waals surface area contributed by atoms with Gasteiger partial charge in [0.05, 0.1) is 0 Å². The van der Waals surface area contributed by atoms with Gasteiger partial charge in [-0.3, -0.25) is 9.59 Å². The van der Waals surface area contributed by atoms with Crippen molar-refractivity contribution in [3.05, 3.63) is 77.9 Å². The summed E-state index contributed by atoms with van der Waals surface area (Å²) >= 11 is 0. The number of hydrogen-bond donors (Lipinski definition) is 1. The first-order chi connectivity index (χ1) is 16.0. The maximum atomic E-state index is 13.3. The zero-order valence-electron chi connectivity index (χ0n) is 19.4. The highest BCUT2D eigenvalue weighted by Crippen LogP contribution is 2.25. The van der Waals surface area contributed by atoms with E-state index in [2.05, 4.69) is 5.32 Å².